The summed E-state index contributed by atoms with van der Waals surface area (Å²) < 4.78 is 3.20. The number of aryl methyl sites for hydroxylation is 1. The van der Waals surface area contributed by atoms with Crippen LogP contribution in [0.4, 0.5) is 0 Å². The highest BCUT2D eigenvalue weighted by molar-refractivity contribution is 5.95. The summed E-state index contributed by atoms with van der Waals surface area (Å²) in [6.45, 7) is 0. The number of carbonyl (C=O) groups excluding carboxylic acids is 1. The monoisotopic (exact) mass is 327 g/mol. The van der Waals surface area contributed by atoms with Crippen LogP contribution in [0.25, 0.3) is 5.65 Å². The zero-order valence-electron chi connectivity index (χ0n) is 13.1. The predicted octanol–water partition coefficient (Wildman–Crippen LogP) is 0.0998. The van der Waals surface area contributed by atoms with Crippen molar-refractivity contribution in [3.05, 3.63) is 41.9 Å². The van der Waals surface area contributed by atoms with Crippen LogP contribution < -0.4 is 5.32 Å². The summed E-state index contributed by atoms with van der Waals surface area (Å²) in [4.78, 5) is 12.6. The Morgan fingerprint density at radius 2 is 2.29 bits per heavy atom. The molecule has 0 aliphatic heterocycles. The lowest BCUT2D eigenvalue weighted by Gasteiger charge is -2.37. The molecule has 0 spiro atoms. The van der Waals surface area contributed by atoms with Crippen molar-refractivity contribution in [3.63, 3.8) is 0 Å². The normalized spacial score (nSPS) is 21.4. The topological polar surface area (TPSA) is 110 Å². The molecule has 1 amide bonds. The summed E-state index contributed by atoms with van der Waals surface area (Å²) in [5.74, 6) is 0.00221. The molecule has 1 atom stereocenters. The second kappa shape index (κ2) is 5.68. The number of rotatable bonds is 4. The highest BCUT2D eigenvalue weighted by atomic mass is 16.3. The lowest BCUT2D eigenvalue weighted by molar-refractivity contribution is 0.0235. The molecular formula is C15H17N7O2. The second-order valence-corrected chi connectivity index (χ2v) is 6.18. The Morgan fingerprint density at radius 1 is 1.46 bits per heavy atom. The Hall–Kier alpha value is -2.81. The molecule has 3 aromatic rings. The van der Waals surface area contributed by atoms with Crippen LogP contribution in [0.15, 0.2) is 30.7 Å². The minimum atomic E-state index is -0.288. The lowest BCUT2D eigenvalue weighted by atomic mass is 9.75. The maximum absolute atomic E-state index is 12.6. The smallest absolute Gasteiger partial charge is 0.251 e. The number of fused-ring (bicyclic) bond motifs is 1. The molecular weight excluding hydrogens is 310 g/mol. The SMILES string of the molecule is Cn1cc(C(NC(=O)c2ccn3nnnc3c2)C2CC(O)C2)cn1. The number of carbonyl (C=O) groups is 1. The van der Waals surface area contributed by atoms with Crippen LogP contribution in [0.5, 0.6) is 0 Å². The molecule has 124 valence electrons. The molecule has 1 saturated carbocycles. The number of pyridine rings is 1. The molecule has 0 aromatic carbocycles. The number of hydrogen-bond acceptors (Lipinski definition) is 6. The summed E-state index contributed by atoms with van der Waals surface area (Å²) in [7, 11) is 1.84. The highest BCUT2D eigenvalue weighted by Crippen LogP contribution is 2.38. The number of tetrazole rings is 1. The van der Waals surface area contributed by atoms with Crippen molar-refractivity contribution in [1.82, 2.24) is 35.1 Å². The summed E-state index contributed by atoms with van der Waals surface area (Å²) >= 11 is 0. The summed E-state index contributed by atoms with van der Waals surface area (Å²) in [6, 6.07) is 3.14. The van der Waals surface area contributed by atoms with Crippen molar-refractivity contribution in [2.75, 3.05) is 0 Å². The van der Waals surface area contributed by atoms with Crippen LogP contribution in [0.1, 0.15) is 34.8 Å². The van der Waals surface area contributed by atoms with Gasteiger partial charge in [-0.1, -0.05) is 0 Å². The first kappa shape index (κ1) is 14.8. The minimum absolute atomic E-state index is 0.179. The van der Waals surface area contributed by atoms with Gasteiger partial charge < -0.3 is 10.4 Å². The van der Waals surface area contributed by atoms with Gasteiger partial charge in [-0.2, -0.15) is 5.10 Å². The Balaban J connectivity index is 1.58. The van der Waals surface area contributed by atoms with Crippen LogP contribution in [-0.2, 0) is 7.05 Å². The molecule has 0 radical (unpaired) electrons. The zero-order chi connectivity index (χ0) is 16.7. The van der Waals surface area contributed by atoms with Crippen molar-refractivity contribution in [2.24, 2.45) is 13.0 Å². The number of hydrogen-bond donors (Lipinski definition) is 2. The van der Waals surface area contributed by atoms with E-state index in [0.717, 1.165) is 5.56 Å². The molecule has 0 saturated heterocycles. The molecule has 2 N–H and O–H groups in total. The molecule has 1 fully saturated rings. The highest BCUT2D eigenvalue weighted by Gasteiger charge is 2.36. The van der Waals surface area contributed by atoms with Crippen molar-refractivity contribution in [2.45, 2.75) is 25.0 Å². The van der Waals surface area contributed by atoms with E-state index in [9.17, 15) is 9.90 Å². The van der Waals surface area contributed by atoms with Gasteiger partial charge in [-0.3, -0.25) is 9.48 Å². The lowest BCUT2D eigenvalue weighted by Crippen LogP contribution is -2.41. The quantitative estimate of drug-likeness (QED) is 0.703. The fraction of sp³-hybridized carbons (Fsp3) is 0.400. The molecule has 3 heterocycles. The summed E-state index contributed by atoms with van der Waals surface area (Å²) in [5.41, 5.74) is 1.94. The molecule has 1 aliphatic carbocycles. The Kier molecular flexibility index (Phi) is 3.49. The molecule has 3 aromatic heterocycles. The van der Waals surface area contributed by atoms with E-state index in [1.165, 1.54) is 4.52 Å². The number of aliphatic hydroxyl groups is 1. The molecule has 24 heavy (non-hydrogen) atoms. The van der Waals surface area contributed by atoms with E-state index in [2.05, 4.69) is 25.9 Å². The predicted molar refractivity (Wildman–Crippen MR) is 82.9 cm³/mol. The van der Waals surface area contributed by atoms with E-state index >= 15 is 0 Å². The van der Waals surface area contributed by atoms with Crippen LogP contribution in [-0.4, -0.2) is 46.9 Å². The van der Waals surface area contributed by atoms with Gasteiger partial charge in [0.1, 0.15) is 0 Å². The molecule has 9 nitrogen and oxygen atoms in total. The van der Waals surface area contributed by atoms with Gasteiger partial charge in [-0.15, -0.1) is 5.10 Å². The first-order valence-corrected chi connectivity index (χ1v) is 7.75. The zero-order valence-corrected chi connectivity index (χ0v) is 13.1. The van der Waals surface area contributed by atoms with Crippen molar-refractivity contribution >= 4 is 11.6 Å². The third-order valence-electron chi connectivity index (χ3n) is 4.45. The first-order valence-electron chi connectivity index (χ1n) is 7.75. The Morgan fingerprint density at radius 3 is 3.00 bits per heavy atom. The number of nitrogens with one attached hydrogen (secondary N) is 1. The van der Waals surface area contributed by atoms with Gasteiger partial charge in [0.25, 0.3) is 5.91 Å². The standard InChI is InChI=1S/C15H17N7O2/c1-21-8-11(7-16-21)14(10-4-12(23)5-10)17-15(24)9-2-3-22-13(6-9)18-19-20-22/h2-3,6-8,10,12,14,23H,4-5H2,1H3,(H,17,24). The van der Waals surface area contributed by atoms with Gasteiger partial charge in [-0.05, 0) is 41.3 Å². The van der Waals surface area contributed by atoms with E-state index in [0.29, 0.717) is 24.1 Å². The van der Waals surface area contributed by atoms with E-state index < -0.39 is 0 Å². The van der Waals surface area contributed by atoms with Gasteiger partial charge in [0, 0.05) is 30.6 Å². The maximum atomic E-state index is 12.6. The number of amides is 1. The van der Waals surface area contributed by atoms with Crippen molar-refractivity contribution in [3.8, 4) is 0 Å². The molecule has 4 rings (SSSR count). The fourth-order valence-corrected chi connectivity index (χ4v) is 3.08. The Labute approximate surface area is 137 Å². The number of aromatic nitrogens is 6. The van der Waals surface area contributed by atoms with Crippen LogP contribution in [0.3, 0.4) is 0 Å². The first-order chi connectivity index (χ1) is 11.6. The minimum Gasteiger partial charge on any atom is -0.393 e. The Bertz CT molecular complexity index is 881. The van der Waals surface area contributed by atoms with Gasteiger partial charge >= 0.3 is 0 Å². The van der Waals surface area contributed by atoms with Crippen molar-refractivity contribution in [1.29, 1.82) is 0 Å². The third kappa shape index (κ3) is 2.62. The van der Waals surface area contributed by atoms with E-state index in [4.69, 9.17) is 0 Å². The van der Waals surface area contributed by atoms with Gasteiger partial charge in [0.15, 0.2) is 5.65 Å². The average Bonchev–Trinajstić information content (AvgIpc) is 3.17. The third-order valence-corrected chi connectivity index (χ3v) is 4.45. The molecule has 9 heteroatoms. The van der Waals surface area contributed by atoms with Gasteiger partial charge in [0.05, 0.1) is 18.3 Å². The van der Waals surface area contributed by atoms with Crippen molar-refractivity contribution < 1.29 is 9.90 Å². The second-order valence-electron chi connectivity index (χ2n) is 6.18. The maximum Gasteiger partial charge on any atom is 0.251 e. The summed E-state index contributed by atoms with van der Waals surface area (Å²) in [6.07, 6.45) is 6.35. The van der Waals surface area contributed by atoms with E-state index in [1.807, 2.05) is 13.2 Å². The number of nitrogens with zero attached hydrogens (tertiary/aromatic N) is 6. The summed E-state index contributed by atoms with van der Waals surface area (Å²) in [5, 5.41) is 28.0. The largest absolute Gasteiger partial charge is 0.393 e. The number of aliphatic hydroxyl groups excluding tert-OH is 1. The van der Waals surface area contributed by atoms with Crippen LogP contribution in [0.2, 0.25) is 0 Å². The van der Waals surface area contributed by atoms with E-state index in [1.54, 1.807) is 29.2 Å². The van der Waals surface area contributed by atoms with Gasteiger partial charge in [-0.25, -0.2) is 4.52 Å². The molecule has 1 aliphatic rings. The van der Waals surface area contributed by atoms with Gasteiger partial charge in [0.2, 0.25) is 0 Å². The molecule has 1 unspecified atom stereocenters. The fourth-order valence-electron chi connectivity index (χ4n) is 3.08. The van der Waals surface area contributed by atoms with E-state index in [-0.39, 0.29) is 24.0 Å². The molecule has 0 bridgehead atoms. The van der Waals surface area contributed by atoms with Crippen LogP contribution in [0, 0.1) is 5.92 Å². The average molecular weight is 327 g/mol. The van der Waals surface area contributed by atoms with Crippen LogP contribution >= 0.6 is 0 Å².